The number of amides is 1. The van der Waals surface area contributed by atoms with Crippen LogP contribution in [-0.4, -0.2) is 31.3 Å². The van der Waals surface area contributed by atoms with Crippen LogP contribution in [0.2, 0.25) is 0 Å². The number of ether oxygens (including phenoxy) is 2. The van der Waals surface area contributed by atoms with Gasteiger partial charge in [-0.25, -0.2) is 0 Å². The SMILES string of the molecule is COCCn1c(=NC(=O)c2ccccc2C)sc2cccc(OC)c21. The zero-order chi connectivity index (χ0) is 17.8. The molecule has 0 saturated carbocycles. The van der Waals surface area contributed by atoms with E-state index in [-0.39, 0.29) is 5.91 Å². The topological polar surface area (TPSA) is 52.8 Å². The monoisotopic (exact) mass is 356 g/mol. The van der Waals surface area contributed by atoms with Crippen molar-refractivity contribution in [3.63, 3.8) is 0 Å². The van der Waals surface area contributed by atoms with Crippen LogP contribution in [0.3, 0.4) is 0 Å². The molecule has 0 spiro atoms. The van der Waals surface area contributed by atoms with Gasteiger partial charge in [-0.1, -0.05) is 35.6 Å². The van der Waals surface area contributed by atoms with E-state index in [1.807, 2.05) is 47.9 Å². The van der Waals surface area contributed by atoms with E-state index < -0.39 is 0 Å². The maximum atomic E-state index is 12.7. The summed E-state index contributed by atoms with van der Waals surface area (Å²) in [4.78, 5) is 17.7. The van der Waals surface area contributed by atoms with Gasteiger partial charge in [0.25, 0.3) is 5.91 Å². The van der Waals surface area contributed by atoms with E-state index in [9.17, 15) is 4.79 Å². The van der Waals surface area contributed by atoms with Crippen LogP contribution in [0.25, 0.3) is 10.2 Å². The van der Waals surface area contributed by atoms with Gasteiger partial charge in [0.15, 0.2) is 4.80 Å². The normalized spacial score (nSPS) is 11.9. The number of para-hydroxylation sites is 1. The van der Waals surface area contributed by atoms with E-state index in [1.54, 1.807) is 20.3 Å². The first-order valence-corrected chi connectivity index (χ1v) is 8.77. The van der Waals surface area contributed by atoms with Gasteiger partial charge in [-0.2, -0.15) is 4.99 Å². The Morgan fingerprint density at radius 2 is 1.96 bits per heavy atom. The molecule has 5 nitrogen and oxygen atoms in total. The second-order valence-corrected chi connectivity index (χ2v) is 6.58. The first-order chi connectivity index (χ1) is 12.2. The van der Waals surface area contributed by atoms with Gasteiger partial charge in [-0.15, -0.1) is 0 Å². The minimum absolute atomic E-state index is 0.241. The highest BCUT2D eigenvalue weighted by Gasteiger charge is 2.13. The summed E-state index contributed by atoms with van der Waals surface area (Å²) in [5.41, 5.74) is 2.46. The second-order valence-electron chi connectivity index (χ2n) is 5.57. The smallest absolute Gasteiger partial charge is 0.279 e. The number of hydrogen-bond acceptors (Lipinski definition) is 4. The average molecular weight is 356 g/mol. The van der Waals surface area contributed by atoms with E-state index in [4.69, 9.17) is 9.47 Å². The molecule has 0 aliphatic heterocycles. The maximum Gasteiger partial charge on any atom is 0.279 e. The number of carbonyl (C=O) groups is 1. The van der Waals surface area contributed by atoms with Crippen LogP contribution in [0.1, 0.15) is 15.9 Å². The Balaban J connectivity index is 2.18. The molecule has 3 aromatic rings. The van der Waals surface area contributed by atoms with Gasteiger partial charge in [0.2, 0.25) is 0 Å². The Morgan fingerprint density at radius 1 is 1.16 bits per heavy atom. The van der Waals surface area contributed by atoms with Crippen molar-refractivity contribution < 1.29 is 14.3 Å². The Morgan fingerprint density at radius 3 is 2.68 bits per heavy atom. The molecule has 0 bridgehead atoms. The van der Waals surface area contributed by atoms with Gasteiger partial charge >= 0.3 is 0 Å². The number of methoxy groups -OCH3 is 2. The molecule has 0 unspecified atom stereocenters. The molecule has 1 heterocycles. The predicted molar refractivity (Wildman–Crippen MR) is 99.3 cm³/mol. The standard InChI is InChI=1S/C19H20N2O3S/c1-13-7-4-5-8-14(13)18(22)20-19-21(11-12-23-2)17-15(24-3)9-6-10-16(17)25-19/h4-10H,11-12H2,1-3H3. The molecule has 0 atom stereocenters. The predicted octanol–water partition coefficient (Wildman–Crippen LogP) is 3.41. The van der Waals surface area contributed by atoms with E-state index in [2.05, 4.69) is 4.99 Å². The molecule has 1 aromatic heterocycles. The van der Waals surface area contributed by atoms with E-state index in [1.165, 1.54) is 11.3 Å². The van der Waals surface area contributed by atoms with E-state index in [0.717, 1.165) is 21.5 Å². The summed E-state index contributed by atoms with van der Waals surface area (Å²) in [7, 11) is 3.30. The summed E-state index contributed by atoms with van der Waals surface area (Å²) in [6.07, 6.45) is 0. The molecule has 0 aliphatic rings. The molecule has 0 radical (unpaired) electrons. The fourth-order valence-corrected chi connectivity index (χ4v) is 3.77. The van der Waals surface area contributed by atoms with Gasteiger partial charge in [0, 0.05) is 19.2 Å². The van der Waals surface area contributed by atoms with Crippen molar-refractivity contribution >= 4 is 27.5 Å². The van der Waals surface area contributed by atoms with Crippen molar-refractivity contribution in [3.05, 3.63) is 58.4 Å². The third-order valence-corrected chi connectivity index (χ3v) is 5.02. The Bertz CT molecular complexity index is 972. The highest BCUT2D eigenvalue weighted by Crippen LogP contribution is 2.27. The number of fused-ring (bicyclic) bond motifs is 1. The van der Waals surface area contributed by atoms with Gasteiger partial charge < -0.3 is 14.0 Å². The van der Waals surface area contributed by atoms with Crippen LogP contribution in [0.4, 0.5) is 0 Å². The van der Waals surface area contributed by atoms with E-state index in [0.29, 0.717) is 23.5 Å². The molecular formula is C19H20N2O3S. The molecule has 130 valence electrons. The highest BCUT2D eigenvalue weighted by atomic mass is 32.1. The minimum atomic E-state index is -0.241. The number of nitrogens with zero attached hydrogens (tertiary/aromatic N) is 2. The number of hydrogen-bond donors (Lipinski definition) is 0. The largest absolute Gasteiger partial charge is 0.495 e. The lowest BCUT2D eigenvalue weighted by molar-refractivity contribution is 0.0996. The number of aryl methyl sites for hydroxylation is 1. The molecule has 3 rings (SSSR count). The van der Waals surface area contributed by atoms with Crippen LogP contribution < -0.4 is 9.54 Å². The molecule has 0 saturated heterocycles. The fraction of sp³-hybridized carbons (Fsp3) is 0.263. The third-order valence-electron chi connectivity index (χ3n) is 3.98. The highest BCUT2D eigenvalue weighted by molar-refractivity contribution is 7.16. The summed E-state index contributed by atoms with van der Waals surface area (Å²) in [6.45, 7) is 3.03. The lowest BCUT2D eigenvalue weighted by Crippen LogP contribution is -2.19. The molecule has 0 fully saturated rings. The van der Waals surface area contributed by atoms with Crippen molar-refractivity contribution in [2.75, 3.05) is 20.8 Å². The zero-order valence-electron chi connectivity index (χ0n) is 14.5. The summed E-state index contributed by atoms with van der Waals surface area (Å²) >= 11 is 1.47. The molecule has 0 aliphatic carbocycles. The van der Waals surface area contributed by atoms with Gasteiger partial charge in [0.1, 0.15) is 11.3 Å². The Labute approximate surface area is 150 Å². The number of rotatable bonds is 5. The van der Waals surface area contributed by atoms with Crippen molar-refractivity contribution in [2.24, 2.45) is 4.99 Å². The number of thiazole rings is 1. The van der Waals surface area contributed by atoms with Crippen LogP contribution in [-0.2, 0) is 11.3 Å². The molecule has 2 aromatic carbocycles. The van der Waals surface area contributed by atoms with Crippen LogP contribution in [0, 0.1) is 6.92 Å². The molecule has 1 amide bonds. The number of aromatic nitrogens is 1. The first-order valence-electron chi connectivity index (χ1n) is 7.95. The number of benzene rings is 2. The summed E-state index contributed by atoms with van der Waals surface area (Å²) in [5.74, 6) is 0.518. The summed E-state index contributed by atoms with van der Waals surface area (Å²) in [5, 5.41) is 0. The van der Waals surface area contributed by atoms with Crippen molar-refractivity contribution in [1.29, 1.82) is 0 Å². The Hall–Kier alpha value is -2.44. The summed E-state index contributed by atoms with van der Waals surface area (Å²) in [6, 6.07) is 13.3. The van der Waals surface area contributed by atoms with Crippen LogP contribution in [0.5, 0.6) is 5.75 Å². The summed E-state index contributed by atoms with van der Waals surface area (Å²) < 4.78 is 13.7. The van der Waals surface area contributed by atoms with Gasteiger partial charge in [-0.05, 0) is 30.7 Å². The molecule has 0 N–H and O–H groups in total. The average Bonchev–Trinajstić information content (AvgIpc) is 2.97. The van der Waals surface area contributed by atoms with Gasteiger partial charge in [-0.3, -0.25) is 4.79 Å². The van der Waals surface area contributed by atoms with E-state index >= 15 is 0 Å². The minimum Gasteiger partial charge on any atom is -0.495 e. The zero-order valence-corrected chi connectivity index (χ0v) is 15.3. The lowest BCUT2D eigenvalue weighted by Gasteiger charge is -2.08. The van der Waals surface area contributed by atoms with Crippen molar-refractivity contribution in [2.45, 2.75) is 13.5 Å². The van der Waals surface area contributed by atoms with Crippen LogP contribution >= 0.6 is 11.3 Å². The fourth-order valence-electron chi connectivity index (χ4n) is 2.70. The number of carbonyl (C=O) groups excluding carboxylic acids is 1. The van der Waals surface area contributed by atoms with Gasteiger partial charge in [0.05, 0.1) is 18.4 Å². The Kier molecular flexibility index (Phi) is 5.31. The van der Waals surface area contributed by atoms with Crippen LogP contribution in [0.15, 0.2) is 47.5 Å². The maximum absolute atomic E-state index is 12.7. The van der Waals surface area contributed by atoms with Crippen molar-refractivity contribution in [3.8, 4) is 5.75 Å². The molecule has 25 heavy (non-hydrogen) atoms. The first kappa shape index (κ1) is 17.4. The third kappa shape index (κ3) is 3.50. The molecular weight excluding hydrogens is 336 g/mol. The second kappa shape index (κ2) is 7.63. The molecule has 6 heteroatoms. The van der Waals surface area contributed by atoms with Crippen molar-refractivity contribution in [1.82, 2.24) is 4.57 Å². The lowest BCUT2D eigenvalue weighted by atomic mass is 10.1. The quantitative estimate of drug-likeness (QED) is 0.704.